The fourth-order valence-corrected chi connectivity index (χ4v) is 2.04. The minimum atomic E-state index is 0.0751. The number of carbonyl (C=O) groups excluding carboxylic acids is 1. The van der Waals surface area contributed by atoms with E-state index in [0.29, 0.717) is 6.04 Å². The highest BCUT2D eigenvalue weighted by Crippen LogP contribution is 2.34. The van der Waals surface area contributed by atoms with Crippen LogP contribution in [0, 0.1) is 9.49 Å². The molecule has 1 aliphatic carbocycles. The van der Waals surface area contributed by atoms with Crippen molar-refractivity contribution in [3.05, 3.63) is 15.5 Å². The van der Waals surface area contributed by atoms with Gasteiger partial charge in [-0.25, -0.2) is 0 Å². The van der Waals surface area contributed by atoms with Crippen molar-refractivity contribution in [3.8, 4) is 0 Å². The number of nitrogens with zero attached hydrogens (tertiary/aromatic N) is 2. The predicted octanol–water partition coefficient (Wildman–Crippen LogP) is 2.20. The van der Waals surface area contributed by atoms with Crippen molar-refractivity contribution in [2.45, 2.75) is 32.2 Å². The molecule has 0 aromatic carbocycles. The van der Waals surface area contributed by atoms with E-state index in [0.717, 1.165) is 18.4 Å². The van der Waals surface area contributed by atoms with Gasteiger partial charge in [-0.15, -0.1) is 0 Å². The summed E-state index contributed by atoms with van der Waals surface area (Å²) in [5.41, 5.74) is 1.07. The molecule has 0 amide bonds. The summed E-state index contributed by atoms with van der Waals surface area (Å²) in [6.07, 6.45) is 6.35. The van der Waals surface area contributed by atoms with Crippen molar-refractivity contribution in [1.82, 2.24) is 9.78 Å². The second kappa shape index (κ2) is 4.00. The average Bonchev–Trinajstić information content (AvgIpc) is 2.94. The van der Waals surface area contributed by atoms with Gasteiger partial charge in [0.15, 0.2) is 0 Å². The molecule has 3 nitrogen and oxygen atoms in total. The molecular weight excluding hydrogens is 291 g/mol. The smallest absolute Gasteiger partial charge is 0.123 e. The van der Waals surface area contributed by atoms with E-state index in [1.54, 1.807) is 0 Å². The fourth-order valence-electron chi connectivity index (χ4n) is 1.42. The van der Waals surface area contributed by atoms with Crippen LogP contribution >= 0.6 is 22.6 Å². The van der Waals surface area contributed by atoms with Crippen molar-refractivity contribution >= 4 is 28.9 Å². The number of halogens is 1. The van der Waals surface area contributed by atoms with Crippen LogP contribution in [0.15, 0.2) is 6.20 Å². The van der Waals surface area contributed by atoms with Gasteiger partial charge in [0.05, 0.1) is 15.3 Å². The van der Waals surface area contributed by atoms with E-state index in [2.05, 4.69) is 38.6 Å². The molecule has 2 rings (SSSR count). The van der Waals surface area contributed by atoms with E-state index >= 15 is 0 Å². The van der Waals surface area contributed by atoms with E-state index in [1.807, 2.05) is 6.92 Å². The van der Waals surface area contributed by atoms with E-state index in [1.165, 1.54) is 16.4 Å². The van der Waals surface area contributed by atoms with Gasteiger partial charge in [-0.1, -0.05) is 6.92 Å². The Bertz CT molecular complexity index is 344. The molecule has 1 aromatic heterocycles. The van der Waals surface area contributed by atoms with Crippen molar-refractivity contribution < 1.29 is 4.79 Å². The second-order valence-electron chi connectivity index (χ2n) is 3.95. The molecule has 0 bridgehead atoms. The summed E-state index contributed by atoms with van der Waals surface area (Å²) < 4.78 is 3.23. The zero-order valence-corrected chi connectivity index (χ0v) is 10.3. The Morgan fingerprint density at radius 2 is 2.50 bits per heavy atom. The summed E-state index contributed by atoms with van der Waals surface area (Å²) in [5, 5.41) is 4.51. The molecule has 1 heterocycles. The number of hydrogen-bond donors (Lipinski definition) is 0. The molecule has 0 saturated heterocycles. The summed E-state index contributed by atoms with van der Waals surface area (Å²) in [7, 11) is 0. The van der Waals surface area contributed by atoms with Gasteiger partial charge in [0, 0.05) is 18.5 Å². The molecule has 0 aliphatic heterocycles. The van der Waals surface area contributed by atoms with Gasteiger partial charge in [0.25, 0.3) is 0 Å². The van der Waals surface area contributed by atoms with E-state index < -0.39 is 0 Å². The third kappa shape index (κ3) is 2.16. The molecule has 4 heteroatoms. The Morgan fingerprint density at radius 1 is 1.79 bits per heavy atom. The van der Waals surface area contributed by atoms with Gasteiger partial charge in [-0.2, -0.15) is 5.10 Å². The van der Waals surface area contributed by atoms with Gasteiger partial charge >= 0.3 is 0 Å². The van der Waals surface area contributed by atoms with Gasteiger partial charge in [-0.3, -0.25) is 4.68 Å². The zero-order chi connectivity index (χ0) is 10.1. The second-order valence-corrected chi connectivity index (χ2v) is 5.11. The largest absolute Gasteiger partial charge is 0.303 e. The maximum absolute atomic E-state index is 10.5. The molecule has 1 atom stereocenters. The minimum Gasteiger partial charge on any atom is -0.303 e. The maximum Gasteiger partial charge on any atom is 0.123 e. The van der Waals surface area contributed by atoms with Crippen molar-refractivity contribution in [2.75, 3.05) is 0 Å². The molecule has 0 spiro atoms. The van der Waals surface area contributed by atoms with Gasteiger partial charge in [-0.05, 0) is 35.4 Å². The van der Waals surface area contributed by atoms with Crippen LogP contribution in [0.5, 0.6) is 0 Å². The van der Waals surface area contributed by atoms with Crippen molar-refractivity contribution in [1.29, 1.82) is 0 Å². The number of hydrogen-bond acceptors (Lipinski definition) is 2. The lowest BCUT2D eigenvalue weighted by Gasteiger charge is -1.99. The molecule has 1 aromatic rings. The summed E-state index contributed by atoms with van der Waals surface area (Å²) in [5.74, 6) is 0.0751. The highest BCUT2D eigenvalue weighted by atomic mass is 127. The molecule has 1 fully saturated rings. The third-order valence-electron chi connectivity index (χ3n) is 2.43. The molecule has 0 N–H and O–H groups in total. The highest BCUT2D eigenvalue weighted by molar-refractivity contribution is 14.1. The monoisotopic (exact) mass is 304 g/mol. The number of aromatic nitrogens is 2. The predicted molar refractivity (Wildman–Crippen MR) is 62.1 cm³/mol. The fraction of sp³-hybridized carbons (Fsp3) is 0.600. The number of rotatable bonds is 4. The van der Waals surface area contributed by atoms with Gasteiger partial charge < -0.3 is 4.79 Å². The van der Waals surface area contributed by atoms with Crippen LogP contribution in [-0.4, -0.2) is 16.1 Å². The average molecular weight is 304 g/mol. The summed E-state index contributed by atoms with van der Waals surface area (Å²) in [4.78, 5) is 10.5. The van der Waals surface area contributed by atoms with Gasteiger partial charge in [0.1, 0.15) is 6.29 Å². The quantitative estimate of drug-likeness (QED) is 0.631. The van der Waals surface area contributed by atoms with Crippen LogP contribution in [0.1, 0.15) is 31.5 Å². The molecule has 76 valence electrons. The Hall–Kier alpha value is -0.390. The van der Waals surface area contributed by atoms with Crippen LogP contribution in [0.2, 0.25) is 0 Å². The Labute approximate surface area is 97.0 Å². The number of aldehydes is 1. The molecule has 0 radical (unpaired) electrons. The van der Waals surface area contributed by atoms with Crippen LogP contribution < -0.4 is 0 Å². The van der Waals surface area contributed by atoms with Crippen LogP contribution in [0.4, 0.5) is 0 Å². The zero-order valence-electron chi connectivity index (χ0n) is 8.11. The van der Waals surface area contributed by atoms with Crippen LogP contribution in [-0.2, 0) is 11.2 Å². The van der Waals surface area contributed by atoms with Crippen molar-refractivity contribution in [3.63, 3.8) is 0 Å². The molecular formula is C10H13IN2O. The molecule has 1 unspecified atom stereocenters. The topological polar surface area (TPSA) is 34.9 Å². The lowest BCUT2D eigenvalue weighted by molar-refractivity contribution is -0.110. The molecule has 1 saturated carbocycles. The highest BCUT2D eigenvalue weighted by Gasteiger charge is 2.25. The molecule has 14 heavy (non-hydrogen) atoms. The normalized spacial score (nSPS) is 18.1. The lowest BCUT2D eigenvalue weighted by Crippen LogP contribution is -2.03. The maximum atomic E-state index is 10.5. The summed E-state index contributed by atoms with van der Waals surface area (Å²) in [6, 6.07) is 0.629. The van der Waals surface area contributed by atoms with E-state index in [9.17, 15) is 4.79 Å². The summed E-state index contributed by atoms with van der Waals surface area (Å²) >= 11 is 2.29. The Balaban J connectivity index is 2.12. The Kier molecular flexibility index (Phi) is 2.90. The third-order valence-corrected chi connectivity index (χ3v) is 3.33. The lowest BCUT2D eigenvalue weighted by atomic mass is 10.1. The van der Waals surface area contributed by atoms with E-state index in [-0.39, 0.29) is 5.92 Å². The first-order chi connectivity index (χ1) is 6.70. The number of carbonyl (C=O) groups is 1. The standard InChI is InChI=1S/C10H13IN2O/c1-7(6-14)4-10-9(11)5-13(12-10)8-2-3-8/h5-8H,2-4H2,1H3. The van der Waals surface area contributed by atoms with E-state index in [4.69, 9.17) is 0 Å². The van der Waals surface area contributed by atoms with Crippen molar-refractivity contribution in [2.24, 2.45) is 5.92 Å². The first-order valence-electron chi connectivity index (χ1n) is 4.89. The minimum absolute atomic E-state index is 0.0751. The Morgan fingerprint density at radius 3 is 3.07 bits per heavy atom. The van der Waals surface area contributed by atoms with Crippen LogP contribution in [0.25, 0.3) is 0 Å². The molecule has 1 aliphatic rings. The summed E-state index contributed by atoms with van der Waals surface area (Å²) in [6.45, 7) is 1.93. The first-order valence-corrected chi connectivity index (χ1v) is 5.97. The van der Waals surface area contributed by atoms with Gasteiger partial charge in [0.2, 0.25) is 0 Å². The SMILES string of the molecule is CC(C=O)Cc1nn(C2CC2)cc1I. The first kappa shape index (κ1) is 10.1. The van der Waals surface area contributed by atoms with Crippen LogP contribution in [0.3, 0.4) is 0 Å².